The van der Waals surface area contributed by atoms with Crippen LogP contribution in [0, 0.1) is 0 Å². The Morgan fingerprint density at radius 2 is 1.67 bits per heavy atom. The number of hydrogen-bond donors (Lipinski definition) is 0. The lowest BCUT2D eigenvalue weighted by atomic mass is 10.1. The summed E-state index contributed by atoms with van der Waals surface area (Å²) >= 11 is 5.98. The summed E-state index contributed by atoms with van der Waals surface area (Å²) in [6, 6.07) is 18.2. The fourth-order valence-corrected chi connectivity index (χ4v) is 5.07. The first-order valence-corrected chi connectivity index (χ1v) is 11.4. The lowest BCUT2D eigenvalue weighted by Gasteiger charge is -2.34. The van der Waals surface area contributed by atoms with Crippen LogP contribution in [0.2, 0.25) is 5.02 Å². The van der Waals surface area contributed by atoms with Crippen molar-refractivity contribution in [1.29, 1.82) is 0 Å². The van der Waals surface area contributed by atoms with E-state index in [0.29, 0.717) is 37.0 Å². The molecule has 1 aliphatic heterocycles. The average Bonchev–Trinajstić information content (AvgIpc) is 2.80. The number of aromatic nitrogens is 1. The highest BCUT2D eigenvalue weighted by Crippen LogP contribution is 2.26. The van der Waals surface area contributed by atoms with Gasteiger partial charge in [0.15, 0.2) is 0 Å². The van der Waals surface area contributed by atoms with Crippen LogP contribution in [0.25, 0.3) is 11.1 Å². The van der Waals surface area contributed by atoms with Crippen LogP contribution < -0.4 is 9.64 Å². The maximum Gasteiger partial charge on any atom is 0.243 e. The summed E-state index contributed by atoms with van der Waals surface area (Å²) in [5.41, 5.74) is 2.10. The van der Waals surface area contributed by atoms with E-state index in [1.165, 1.54) is 11.4 Å². The highest BCUT2D eigenvalue weighted by Gasteiger charge is 2.29. The van der Waals surface area contributed by atoms with Crippen molar-refractivity contribution in [2.75, 3.05) is 38.2 Å². The molecule has 0 amide bonds. The number of ether oxygens (including phenoxy) is 1. The van der Waals surface area contributed by atoms with Crippen molar-refractivity contribution < 1.29 is 13.2 Å². The van der Waals surface area contributed by atoms with Crippen LogP contribution >= 0.6 is 11.6 Å². The minimum Gasteiger partial charge on any atom is -0.497 e. The second-order valence-electron chi connectivity index (χ2n) is 6.98. The molecule has 3 aromatic rings. The van der Waals surface area contributed by atoms with Gasteiger partial charge in [-0.05, 0) is 47.5 Å². The number of nitrogens with zero attached hydrogens (tertiary/aromatic N) is 3. The van der Waals surface area contributed by atoms with Crippen molar-refractivity contribution in [2.24, 2.45) is 0 Å². The number of rotatable bonds is 5. The van der Waals surface area contributed by atoms with Gasteiger partial charge >= 0.3 is 0 Å². The van der Waals surface area contributed by atoms with Gasteiger partial charge < -0.3 is 9.64 Å². The van der Waals surface area contributed by atoms with Crippen LogP contribution in [0.15, 0.2) is 71.8 Å². The lowest BCUT2D eigenvalue weighted by molar-refractivity contribution is 0.382. The Labute approximate surface area is 181 Å². The second kappa shape index (κ2) is 8.63. The van der Waals surface area contributed by atoms with Gasteiger partial charge in [-0.1, -0.05) is 29.8 Å². The zero-order valence-corrected chi connectivity index (χ0v) is 18.1. The zero-order chi connectivity index (χ0) is 21.1. The van der Waals surface area contributed by atoms with Crippen LogP contribution in [0.5, 0.6) is 5.75 Å². The van der Waals surface area contributed by atoms with E-state index >= 15 is 0 Å². The van der Waals surface area contributed by atoms with Gasteiger partial charge in [0, 0.05) is 43.5 Å². The molecule has 1 aliphatic rings. The average molecular weight is 444 g/mol. The molecule has 30 heavy (non-hydrogen) atoms. The predicted octanol–water partition coefficient (Wildman–Crippen LogP) is 3.92. The van der Waals surface area contributed by atoms with Gasteiger partial charge in [-0.25, -0.2) is 13.4 Å². The summed E-state index contributed by atoms with van der Waals surface area (Å²) in [6.45, 7) is 1.93. The van der Waals surface area contributed by atoms with Crippen LogP contribution in [0.3, 0.4) is 0 Å². The minimum atomic E-state index is -3.56. The molecule has 1 fully saturated rings. The summed E-state index contributed by atoms with van der Waals surface area (Å²) < 4.78 is 32.7. The minimum absolute atomic E-state index is 0.248. The largest absolute Gasteiger partial charge is 0.497 e. The molecular formula is C22H22ClN3O3S. The van der Waals surface area contributed by atoms with E-state index in [1.807, 2.05) is 36.4 Å². The standard InChI is InChI=1S/C22H22ClN3O3S/c1-29-20-3-2-4-21(16-20)30(27,28)26-13-11-25(12-14-26)22-15-18(9-10-24-22)17-5-7-19(23)8-6-17/h2-10,15-16H,11-14H2,1H3. The topological polar surface area (TPSA) is 62.7 Å². The first kappa shape index (κ1) is 20.7. The summed E-state index contributed by atoms with van der Waals surface area (Å²) in [6.07, 6.45) is 1.78. The summed E-state index contributed by atoms with van der Waals surface area (Å²) in [5.74, 6) is 1.36. The van der Waals surface area contributed by atoms with Crippen molar-refractivity contribution in [1.82, 2.24) is 9.29 Å². The number of benzene rings is 2. The van der Waals surface area contributed by atoms with Gasteiger partial charge in [0.1, 0.15) is 11.6 Å². The molecule has 156 valence electrons. The number of hydrogen-bond acceptors (Lipinski definition) is 5. The quantitative estimate of drug-likeness (QED) is 0.598. The Morgan fingerprint density at radius 3 is 2.37 bits per heavy atom. The van der Waals surface area contributed by atoms with E-state index < -0.39 is 10.0 Å². The molecule has 4 rings (SSSR count). The zero-order valence-electron chi connectivity index (χ0n) is 16.5. The molecule has 8 heteroatoms. The fourth-order valence-electron chi connectivity index (χ4n) is 3.48. The molecule has 0 spiro atoms. The first-order chi connectivity index (χ1) is 14.5. The molecule has 0 radical (unpaired) electrons. The van der Waals surface area contributed by atoms with Gasteiger partial charge in [0.25, 0.3) is 0 Å². The molecule has 2 heterocycles. The molecule has 0 atom stereocenters. The molecule has 0 saturated carbocycles. The predicted molar refractivity (Wildman–Crippen MR) is 119 cm³/mol. The van der Waals surface area contributed by atoms with Gasteiger partial charge in [0.2, 0.25) is 10.0 Å². The van der Waals surface area contributed by atoms with E-state index in [9.17, 15) is 8.42 Å². The van der Waals surface area contributed by atoms with Gasteiger partial charge in [-0.15, -0.1) is 0 Å². The molecule has 0 N–H and O–H groups in total. The fraction of sp³-hybridized carbons (Fsp3) is 0.227. The molecule has 0 unspecified atom stereocenters. The highest BCUT2D eigenvalue weighted by molar-refractivity contribution is 7.89. The third kappa shape index (κ3) is 4.28. The van der Waals surface area contributed by atoms with Crippen LogP contribution in [0.4, 0.5) is 5.82 Å². The Balaban J connectivity index is 1.48. The van der Waals surface area contributed by atoms with E-state index in [0.717, 1.165) is 16.9 Å². The summed E-state index contributed by atoms with van der Waals surface area (Å²) in [7, 11) is -2.04. The second-order valence-corrected chi connectivity index (χ2v) is 9.35. The van der Waals surface area contributed by atoms with Crippen molar-refractivity contribution >= 4 is 27.4 Å². The molecular weight excluding hydrogens is 422 g/mol. The van der Waals surface area contributed by atoms with Crippen molar-refractivity contribution in [3.8, 4) is 16.9 Å². The maximum atomic E-state index is 13.0. The van der Waals surface area contributed by atoms with Crippen molar-refractivity contribution in [3.63, 3.8) is 0 Å². The van der Waals surface area contributed by atoms with E-state index in [4.69, 9.17) is 16.3 Å². The Kier molecular flexibility index (Phi) is 5.94. The number of sulfonamides is 1. The van der Waals surface area contributed by atoms with Crippen LogP contribution in [-0.2, 0) is 10.0 Å². The highest BCUT2D eigenvalue weighted by atomic mass is 35.5. The maximum absolute atomic E-state index is 13.0. The van der Waals surface area contributed by atoms with E-state index in [1.54, 1.807) is 30.5 Å². The Bertz CT molecular complexity index is 1130. The number of pyridine rings is 1. The smallest absolute Gasteiger partial charge is 0.243 e. The van der Waals surface area contributed by atoms with Gasteiger partial charge in [-0.3, -0.25) is 0 Å². The summed E-state index contributed by atoms with van der Waals surface area (Å²) in [5, 5.41) is 0.696. The van der Waals surface area contributed by atoms with Crippen molar-refractivity contribution in [3.05, 3.63) is 71.9 Å². The molecule has 6 nitrogen and oxygen atoms in total. The van der Waals surface area contributed by atoms with E-state index in [2.05, 4.69) is 9.88 Å². The molecule has 0 bridgehead atoms. The van der Waals surface area contributed by atoms with Crippen LogP contribution in [-0.4, -0.2) is 51.0 Å². The molecule has 0 aliphatic carbocycles. The summed E-state index contributed by atoms with van der Waals surface area (Å²) in [4.78, 5) is 6.85. The first-order valence-electron chi connectivity index (χ1n) is 9.58. The molecule has 1 saturated heterocycles. The Hall–Kier alpha value is -2.61. The monoisotopic (exact) mass is 443 g/mol. The van der Waals surface area contributed by atoms with E-state index in [-0.39, 0.29) is 4.90 Å². The SMILES string of the molecule is COc1cccc(S(=O)(=O)N2CCN(c3cc(-c4ccc(Cl)cc4)ccn3)CC2)c1. The number of methoxy groups -OCH3 is 1. The Morgan fingerprint density at radius 1 is 0.933 bits per heavy atom. The number of anilines is 1. The third-order valence-electron chi connectivity index (χ3n) is 5.16. The molecule has 2 aromatic carbocycles. The number of halogens is 1. The van der Waals surface area contributed by atoms with Gasteiger partial charge in [-0.2, -0.15) is 4.31 Å². The van der Waals surface area contributed by atoms with Gasteiger partial charge in [0.05, 0.1) is 12.0 Å². The normalized spacial score (nSPS) is 15.2. The third-order valence-corrected chi connectivity index (χ3v) is 7.31. The van der Waals surface area contributed by atoms with Crippen molar-refractivity contribution in [2.45, 2.75) is 4.90 Å². The van der Waals surface area contributed by atoms with Crippen LogP contribution in [0.1, 0.15) is 0 Å². The lowest BCUT2D eigenvalue weighted by Crippen LogP contribution is -2.48. The molecule has 1 aromatic heterocycles. The number of piperazine rings is 1.